The van der Waals surface area contributed by atoms with Gasteiger partial charge in [-0.05, 0) is 24.6 Å². The monoisotopic (exact) mass is 350 g/mol. The van der Waals surface area contributed by atoms with Crippen LogP contribution in [0.25, 0.3) is 0 Å². The van der Waals surface area contributed by atoms with Crippen LogP contribution in [0.4, 0.5) is 5.69 Å². The number of ether oxygens (including phenoxy) is 2. The Labute approximate surface area is 147 Å². The standard InChI is InChI=1S/C18H23ClN2O3/c1-3-5-7-13(4-2)12-23-8-6-9-24-16-11-14(18(21)22)10-15(20)17(16)19/h3-5,7,10-11H,2,6,8-9,12,20H2,1H3,(H2,21,22)/b5-3-,13-7+. The van der Waals surface area contributed by atoms with Crippen molar-refractivity contribution in [2.75, 3.05) is 25.6 Å². The van der Waals surface area contributed by atoms with Crippen LogP contribution in [0.3, 0.4) is 0 Å². The molecule has 0 saturated carbocycles. The van der Waals surface area contributed by atoms with E-state index >= 15 is 0 Å². The first-order chi connectivity index (χ1) is 11.5. The van der Waals surface area contributed by atoms with Crippen LogP contribution in [0.1, 0.15) is 23.7 Å². The molecule has 0 bridgehead atoms. The van der Waals surface area contributed by atoms with Crippen molar-refractivity contribution in [3.63, 3.8) is 0 Å². The Kier molecular flexibility index (Phi) is 8.68. The van der Waals surface area contributed by atoms with Crippen LogP contribution in [-0.4, -0.2) is 25.7 Å². The minimum Gasteiger partial charge on any atom is -0.492 e. The molecule has 0 radical (unpaired) electrons. The Morgan fingerprint density at radius 2 is 2.12 bits per heavy atom. The van der Waals surface area contributed by atoms with Crippen LogP contribution in [0.5, 0.6) is 5.75 Å². The second-order valence-electron chi connectivity index (χ2n) is 4.97. The van der Waals surface area contributed by atoms with Crippen LogP contribution < -0.4 is 16.2 Å². The van der Waals surface area contributed by atoms with Crippen molar-refractivity contribution in [1.29, 1.82) is 0 Å². The van der Waals surface area contributed by atoms with Gasteiger partial charge in [0.15, 0.2) is 0 Å². The summed E-state index contributed by atoms with van der Waals surface area (Å²) in [6.07, 6.45) is 8.23. The topological polar surface area (TPSA) is 87.6 Å². The van der Waals surface area contributed by atoms with Crippen molar-refractivity contribution in [1.82, 2.24) is 0 Å². The molecular weight excluding hydrogens is 328 g/mol. The summed E-state index contributed by atoms with van der Waals surface area (Å²) in [7, 11) is 0. The first-order valence-corrected chi connectivity index (χ1v) is 7.91. The molecule has 0 atom stereocenters. The lowest BCUT2D eigenvalue weighted by molar-refractivity contribution is 0.0999. The minimum atomic E-state index is -0.587. The summed E-state index contributed by atoms with van der Waals surface area (Å²) in [5.41, 5.74) is 12.5. The second kappa shape index (κ2) is 10.5. The maximum absolute atomic E-state index is 11.2. The molecule has 0 fully saturated rings. The number of rotatable bonds is 10. The molecule has 4 N–H and O–H groups in total. The number of hydrogen-bond donors (Lipinski definition) is 2. The number of nitrogen functional groups attached to an aromatic ring is 1. The number of carbonyl (C=O) groups is 1. The van der Waals surface area contributed by atoms with Crippen LogP contribution >= 0.6 is 11.6 Å². The Morgan fingerprint density at radius 3 is 2.75 bits per heavy atom. The van der Waals surface area contributed by atoms with Gasteiger partial charge in [-0.3, -0.25) is 4.79 Å². The van der Waals surface area contributed by atoms with Gasteiger partial charge >= 0.3 is 0 Å². The molecule has 0 saturated heterocycles. The first-order valence-electron chi connectivity index (χ1n) is 7.53. The van der Waals surface area contributed by atoms with Gasteiger partial charge in [-0.15, -0.1) is 0 Å². The van der Waals surface area contributed by atoms with Crippen molar-refractivity contribution in [3.05, 3.63) is 59.2 Å². The fourth-order valence-electron chi connectivity index (χ4n) is 1.79. The zero-order valence-corrected chi connectivity index (χ0v) is 14.5. The average molecular weight is 351 g/mol. The summed E-state index contributed by atoms with van der Waals surface area (Å²) in [4.78, 5) is 11.2. The molecule has 0 aliphatic carbocycles. The predicted octanol–water partition coefficient (Wildman–Crippen LogP) is 3.50. The molecule has 0 aromatic heterocycles. The van der Waals surface area contributed by atoms with E-state index in [0.29, 0.717) is 32.0 Å². The molecule has 5 nitrogen and oxygen atoms in total. The highest BCUT2D eigenvalue weighted by atomic mass is 35.5. The highest BCUT2D eigenvalue weighted by Crippen LogP contribution is 2.31. The van der Waals surface area contributed by atoms with E-state index < -0.39 is 5.91 Å². The van der Waals surface area contributed by atoms with Crippen molar-refractivity contribution in [2.24, 2.45) is 5.73 Å². The number of halogens is 1. The van der Waals surface area contributed by atoms with E-state index in [-0.39, 0.29) is 16.3 Å². The van der Waals surface area contributed by atoms with Gasteiger partial charge in [0.05, 0.1) is 25.5 Å². The van der Waals surface area contributed by atoms with Crippen LogP contribution in [-0.2, 0) is 4.74 Å². The van der Waals surface area contributed by atoms with Gasteiger partial charge in [0, 0.05) is 12.0 Å². The summed E-state index contributed by atoms with van der Waals surface area (Å²) < 4.78 is 11.1. The third-order valence-electron chi connectivity index (χ3n) is 3.08. The van der Waals surface area contributed by atoms with Crippen LogP contribution in [0, 0.1) is 0 Å². The lowest BCUT2D eigenvalue weighted by atomic mass is 10.2. The van der Waals surface area contributed by atoms with Crippen molar-refractivity contribution in [3.8, 4) is 5.75 Å². The molecule has 1 aromatic rings. The van der Waals surface area contributed by atoms with Crippen molar-refractivity contribution in [2.45, 2.75) is 13.3 Å². The van der Waals surface area contributed by atoms with Gasteiger partial charge < -0.3 is 20.9 Å². The number of carbonyl (C=O) groups excluding carboxylic acids is 1. The average Bonchev–Trinajstić information content (AvgIpc) is 2.56. The molecule has 1 amide bonds. The largest absolute Gasteiger partial charge is 0.492 e. The quantitative estimate of drug-likeness (QED) is 0.384. The highest BCUT2D eigenvalue weighted by Gasteiger charge is 2.11. The molecule has 0 heterocycles. The van der Waals surface area contributed by atoms with Gasteiger partial charge in [0.25, 0.3) is 0 Å². The number of benzene rings is 1. The SMILES string of the molecule is C=C/C(=C\C=C/C)COCCCOc1cc(C(N)=O)cc(N)c1Cl. The normalized spacial score (nSPS) is 11.7. The number of nitrogens with two attached hydrogens (primary N) is 2. The summed E-state index contributed by atoms with van der Waals surface area (Å²) in [6, 6.07) is 2.91. The summed E-state index contributed by atoms with van der Waals surface area (Å²) in [5.74, 6) is -0.248. The zero-order valence-electron chi connectivity index (χ0n) is 13.8. The third kappa shape index (κ3) is 6.48. The van der Waals surface area contributed by atoms with Gasteiger partial charge in [0.1, 0.15) is 10.8 Å². The summed E-state index contributed by atoms with van der Waals surface area (Å²) in [6.45, 7) is 7.06. The molecule has 0 unspecified atom stereocenters. The minimum absolute atomic E-state index is 0.254. The second-order valence-corrected chi connectivity index (χ2v) is 5.35. The maximum Gasteiger partial charge on any atom is 0.248 e. The lowest BCUT2D eigenvalue weighted by Crippen LogP contribution is -2.12. The summed E-state index contributed by atoms with van der Waals surface area (Å²) >= 11 is 6.06. The molecule has 130 valence electrons. The van der Waals surface area contributed by atoms with E-state index in [9.17, 15) is 4.79 Å². The lowest BCUT2D eigenvalue weighted by Gasteiger charge is -2.11. The van der Waals surface area contributed by atoms with E-state index in [1.807, 2.05) is 25.2 Å². The Balaban J connectivity index is 2.43. The van der Waals surface area contributed by atoms with Crippen LogP contribution in [0.15, 0.2) is 48.6 Å². The molecule has 1 rings (SSSR count). The van der Waals surface area contributed by atoms with Crippen molar-refractivity contribution < 1.29 is 14.3 Å². The number of amides is 1. The molecule has 24 heavy (non-hydrogen) atoms. The Hall–Kier alpha value is -2.24. The van der Waals surface area contributed by atoms with Gasteiger partial charge in [0.2, 0.25) is 5.91 Å². The molecule has 0 aliphatic rings. The molecule has 6 heteroatoms. The Morgan fingerprint density at radius 1 is 1.38 bits per heavy atom. The van der Waals surface area contributed by atoms with Gasteiger partial charge in [-0.1, -0.05) is 42.5 Å². The predicted molar refractivity (Wildman–Crippen MR) is 98.4 cm³/mol. The first kappa shape index (κ1) is 19.8. The number of primary amides is 1. The Bertz CT molecular complexity index is 639. The highest BCUT2D eigenvalue weighted by molar-refractivity contribution is 6.34. The fraction of sp³-hybridized carbons (Fsp3) is 0.278. The van der Waals surface area contributed by atoms with Crippen LogP contribution in [0.2, 0.25) is 5.02 Å². The fourth-order valence-corrected chi connectivity index (χ4v) is 1.96. The van der Waals surface area contributed by atoms with Gasteiger partial charge in [-0.2, -0.15) is 0 Å². The third-order valence-corrected chi connectivity index (χ3v) is 3.48. The molecule has 0 aliphatic heterocycles. The maximum atomic E-state index is 11.2. The number of anilines is 1. The smallest absolute Gasteiger partial charge is 0.248 e. The van der Waals surface area contributed by atoms with Gasteiger partial charge in [-0.25, -0.2) is 0 Å². The zero-order chi connectivity index (χ0) is 17.9. The van der Waals surface area contributed by atoms with E-state index in [0.717, 1.165) is 5.57 Å². The van der Waals surface area contributed by atoms with E-state index in [2.05, 4.69) is 6.58 Å². The number of allylic oxidation sites excluding steroid dienone is 3. The molecular formula is C18H23ClN2O3. The number of hydrogen-bond acceptors (Lipinski definition) is 4. The van der Waals surface area contributed by atoms with E-state index in [1.54, 1.807) is 6.08 Å². The summed E-state index contributed by atoms with van der Waals surface area (Å²) in [5, 5.41) is 0.268. The van der Waals surface area contributed by atoms with Crippen molar-refractivity contribution >= 4 is 23.2 Å². The van der Waals surface area contributed by atoms with E-state index in [1.165, 1.54) is 12.1 Å². The van der Waals surface area contributed by atoms with E-state index in [4.69, 9.17) is 32.5 Å². The molecule has 1 aromatic carbocycles. The molecule has 0 spiro atoms.